The summed E-state index contributed by atoms with van der Waals surface area (Å²) in [6, 6.07) is 9.92. The van der Waals surface area contributed by atoms with Gasteiger partial charge in [-0.15, -0.1) is 22.7 Å². The van der Waals surface area contributed by atoms with E-state index in [0.29, 0.717) is 16.5 Å². The zero-order valence-corrected chi connectivity index (χ0v) is 17.0. The molecule has 27 heavy (non-hydrogen) atoms. The fourth-order valence-electron chi connectivity index (χ4n) is 2.59. The van der Waals surface area contributed by atoms with Gasteiger partial charge in [0.2, 0.25) is 5.91 Å². The van der Waals surface area contributed by atoms with E-state index in [1.807, 2.05) is 37.4 Å². The first-order valence-electron chi connectivity index (χ1n) is 8.55. The van der Waals surface area contributed by atoms with E-state index >= 15 is 0 Å². The predicted octanol–water partition coefficient (Wildman–Crippen LogP) is 4.85. The van der Waals surface area contributed by atoms with Gasteiger partial charge in [0.15, 0.2) is 0 Å². The summed E-state index contributed by atoms with van der Waals surface area (Å²) in [5.74, 6) is -0.518. The summed E-state index contributed by atoms with van der Waals surface area (Å²) in [5, 5.41) is 6.28. The standard InChI is InChI=1S/C20H20N2O3S2/c1-4-25-20(24)18-13(3)9-17(27-18)22-16(23)10-15-11-26-19(21-15)14-7-5-6-12(2)8-14/h5-9,11H,4,10H2,1-3H3,(H,22,23). The molecule has 0 aliphatic carbocycles. The second kappa shape index (κ2) is 8.45. The maximum absolute atomic E-state index is 12.3. The van der Waals surface area contributed by atoms with Crippen molar-refractivity contribution in [2.75, 3.05) is 11.9 Å². The molecule has 0 atom stereocenters. The van der Waals surface area contributed by atoms with Gasteiger partial charge in [0.25, 0.3) is 0 Å². The fourth-order valence-corrected chi connectivity index (χ4v) is 4.39. The van der Waals surface area contributed by atoms with Crippen molar-refractivity contribution in [2.24, 2.45) is 0 Å². The molecule has 7 heteroatoms. The summed E-state index contributed by atoms with van der Waals surface area (Å²) < 4.78 is 5.03. The van der Waals surface area contributed by atoms with Crippen LogP contribution >= 0.6 is 22.7 Å². The van der Waals surface area contributed by atoms with Gasteiger partial charge in [0.1, 0.15) is 9.88 Å². The molecule has 0 saturated carbocycles. The Morgan fingerprint density at radius 3 is 2.78 bits per heavy atom. The monoisotopic (exact) mass is 400 g/mol. The molecule has 0 aliphatic heterocycles. The zero-order valence-electron chi connectivity index (χ0n) is 15.4. The van der Waals surface area contributed by atoms with Crippen LogP contribution < -0.4 is 5.32 Å². The van der Waals surface area contributed by atoms with Crippen LogP contribution in [-0.4, -0.2) is 23.5 Å². The summed E-state index contributed by atoms with van der Waals surface area (Å²) in [7, 11) is 0. The Labute approximate surface area is 166 Å². The number of thiazole rings is 1. The van der Waals surface area contributed by atoms with Crippen LogP contribution in [0.3, 0.4) is 0 Å². The number of esters is 1. The number of nitrogens with one attached hydrogen (secondary N) is 1. The van der Waals surface area contributed by atoms with Gasteiger partial charge < -0.3 is 10.1 Å². The molecule has 140 valence electrons. The number of carbonyl (C=O) groups is 2. The second-order valence-corrected chi connectivity index (χ2v) is 7.99. The van der Waals surface area contributed by atoms with Crippen molar-refractivity contribution in [1.29, 1.82) is 0 Å². The van der Waals surface area contributed by atoms with Crippen LogP contribution in [-0.2, 0) is 16.0 Å². The number of hydrogen-bond acceptors (Lipinski definition) is 6. The maximum atomic E-state index is 12.3. The van der Waals surface area contributed by atoms with Gasteiger partial charge in [-0.05, 0) is 38.5 Å². The number of benzene rings is 1. The molecular weight excluding hydrogens is 380 g/mol. The van der Waals surface area contributed by atoms with Crippen molar-refractivity contribution in [3.63, 3.8) is 0 Å². The number of amides is 1. The Kier molecular flexibility index (Phi) is 6.03. The summed E-state index contributed by atoms with van der Waals surface area (Å²) in [6.45, 7) is 5.96. The third-order valence-corrected chi connectivity index (χ3v) is 5.87. The topological polar surface area (TPSA) is 68.3 Å². The molecule has 3 rings (SSSR count). The minimum atomic E-state index is -0.359. The van der Waals surface area contributed by atoms with Crippen LogP contribution in [0.2, 0.25) is 0 Å². The van der Waals surface area contributed by atoms with Crippen LogP contribution in [0.25, 0.3) is 10.6 Å². The zero-order chi connectivity index (χ0) is 19.4. The molecular formula is C20H20N2O3S2. The summed E-state index contributed by atoms with van der Waals surface area (Å²) in [6.07, 6.45) is 0.188. The first kappa shape index (κ1) is 19.3. The first-order chi connectivity index (χ1) is 13.0. The van der Waals surface area contributed by atoms with Gasteiger partial charge in [0, 0.05) is 10.9 Å². The number of anilines is 1. The average Bonchev–Trinajstić information content (AvgIpc) is 3.21. The van der Waals surface area contributed by atoms with E-state index in [1.165, 1.54) is 28.2 Å². The number of aromatic nitrogens is 1. The first-order valence-corrected chi connectivity index (χ1v) is 10.2. The smallest absolute Gasteiger partial charge is 0.348 e. The fraction of sp³-hybridized carbons (Fsp3) is 0.250. The summed E-state index contributed by atoms with van der Waals surface area (Å²) >= 11 is 2.75. The number of aryl methyl sites for hydroxylation is 2. The Hall–Kier alpha value is -2.51. The third-order valence-electron chi connectivity index (χ3n) is 3.80. The van der Waals surface area contributed by atoms with E-state index in [0.717, 1.165) is 21.8 Å². The van der Waals surface area contributed by atoms with E-state index in [1.54, 1.807) is 13.0 Å². The van der Waals surface area contributed by atoms with E-state index in [2.05, 4.69) is 16.4 Å². The van der Waals surface area contributed by atoms with Crippen molar-refractivity contribution < 1.29 is 14.3 Å². The van der Waals surface area contributed by atoms with Gasteiger partial charge in [-0.25, -0.2) is 9.78 Å². The van der Waals surface area contributed by atoms with Crippen molar-refractivity contribution in [1.82, 2.24) is 4.98 Å². The van der Waals surface area contributed by atoms with Crippen LogP contribution in [0.1, 0.15) is 33.4 Å². The van der Waals surface area contributed by atoms with Crippen molar-refractivity contribution in [3.05, 3.63) is 57.4 Å². The molecule has 0 bridgehead atoms. The van der Waals surface area contributed by atoms with Crippen molar-refractivity contribution in [2.45, 2.75) is 27.2 Å². The molecule has 1 aromatic carbocycles. The van der Waals surface area contributed by atoms with E-state index < -0.39 is 0 Å². The molecule has 0 unspecified atom stereocenters. The highest BCUT2D eigenvalue weighted by atomic mass is 32.1. The Bertz CT molecular complexity index is 975. The Morgan fingerprint density at radius 1 is 1.22 bits per heavy atom. The van der Waals surface area contributed by atoms with E-state index in [-0.39, 0.29) is 18.3 Å². The lowest BCUT2D eigenvalue weighted by atomic mass is 10.1. The molecule has 1 amide bonds. The van der Waals surface area contributed by atoms with Gasteiger partial charge >= 0.3 is 5.97 Å². The molecule has 2 heterocycles. The second-order valence-electron chi connectivity index (χ2n) is 6.08. The van der Waals surface area contributed by atoms with Crippen LogP contribution in [0.5, 0.6) is 0 Å². The van der Waals surface area contributed by atoms with Crippen LogP contribution in [0, 0.1) is 13.8 Å². The highest BCUT2D eigenvalue weighted by Crippen LogP contribution is 2.28. The normalized spacial score (nSPS) is 10.6. The summed E-state index contributed by atoms with van der Waals surface area (Å²) in [4.78, 5) is 29.3. The number of hydrogen-bond donors (Lipinski definition) is 1. The molecule has 0 radical (unpaired) electrons. The lowest BCUT2D eigenvalue weighted by Crippen LogP contribution is -2.13. The van der Waals surface area contributed by atoms with Crippen molar-refractivity contribution in [3.8, 4) is 10.6 Å². The number of ether oxygens (including phenoxy) is 1. The molecule has 0 fully saturated rings. The van der Waals surface area contributed by atoms with Crippen LogP contribution in [0.4, 0.5) is 5.00 Å². The average molecular weight is 401 g/mol. The third kappa shape index (κ3) is 4.81. The molecule has 0 saturated heterocycles. The molecule has 5 nitrogen and oxygen atoms in total. The van der Waals surface area contributed by atoms with E-state index in [9.17, 15) is 9.59 Å². The van der Waals surface area contributed by atoms with Gasteiger partial charge in [0.05, 0.1) is 23.7 Å². The number of rotatable bonds is 6. The molecule has 0 aliphatic rings. The van der Waals surface area contributed by atoms with Gasteiger partial charge in [-0.1, -0.05) is 23.8 Å². The lowest BCUT2D eigenvalue weighted by molar-refractivity contribution is -0.115. The summed E-state index contributed by atoms with van der Waals surface area (Å²) in [5.41, 5.74) is 3.75. The Balaban J connectivity index is 1.65. The van der Waals surface area contributed by atoms with Crippen LogP contribution in [0.15, 0.2) is 35.7 Å². The number of nitrogens with zero attached hydrogens (tertiary/aromatic N) is 1. The highest BCUT2D eigenvalue weighted by molar-refractivity contribution is 7.18. The minimum absolute atomic E-state index is 0.159. The maximum Gasteiger partial charge on any atom is 0.348 e. The number of carbonyl (C=O) groups excluding carboxylic acids is 2. The largest absolute Gasteiger partial charge is 0.462 e. The number of thiophene rings is 1. The Morgan fingerprint density at radius 2 is 2.04 bits per heavy atom. The quantitative estimate of drug-likeness (QED) is 0.601. The molecule has 2 aromatic heterocycles. The minimum Gasteiger partial charge on any atom is -0.462 e. The SMILES string of the molecule is CCOC(=O)c1sc(NC(=O)Cc2csc(-c3cccc(C)c3)n2)cc1C. The highest BCUT2D eigenvalue weighted by Gasteiger charge is 2.16. The van der Waals surface area contributed by atoms with Gasteiger partial charge in [-0.3, -0.25) is 4.79 Å². The molecule has 0 spiro atoms. The van der Waals surface area contributed by atoms with Crippen molar-refractivity contribution >= 4 is 39.6 Å². The molecule has 1 N–H and O–H groups in total. The van der Waals surface area contributed by atoms with E-state index in [4.69, 9.17) is 4.74 Å². The predicted molar refractivity (Wildman–Crippen MR) is 110 cm³/mol. The van der Waals surface area contributed by atoms with Gasteiger partial charge in [-0.2, -0.15) is 0 Å². The molecule has 3 aromatic rings. The lowest BCUT2D eigenvalue weighted by Gasteiger charge is -2.01.